The first-order valence-electron chi connectivity index (χ1n) is 20.5. The first kappa shape index (κ1) is 33.7. The largest absolute Gasteiger partial charge is 0.455 e. The molecule has 12 aromatic rings. The Morgan fingerprint density at radius 1 is 0.356 bits per heavy atom. The quantitative estimate of drug-likeness (QED) is 0.164. The van der Waals surface area contributed by atoms with Crippen molar-refractivity contribution in [2.24, 2.45) is 0 Å². The number of hydrogen-bond donors (Lipinski definition) is 0. The highest BCUT2D eigenvalue weighted by atomic mass is 16.3. The second kappa shape index (κ2) is 13.1. The molecule has 2 nitrogen and oxygen atoms in total. The Labute approximate surface area is 341 Å². The van der Waals surface area contributed by atoms with Gasteiger partial charge in [-0.3, -0.25) is 0 Å². The van der Waals surface area contributed by atoms with Gasteiger partial charge >= 0.3 is 0 Å². The maximum Gasteiger partial charge on any atom is 0.143 e. The van der Waals surface area contributed by atoms with E-state index >= 15 is 0 Å². The molecule has 2 aromatic heterocycles. The molecule has 0 bridgehead atoms. The lowest BCUT2D eigenvalue weighted by Crippen LogP contribution is -1.92. The van der Waals surface area contributed by atoms with Crippen LogP contribution >= 0.6 is 0 Å². The van der Waals surface area contributed by atoms with Crippen molar-refractivity contribution in [2.75, 3.05) is 0 Å². The summed E-state index contributed by atoms with van der Waals surface area (Å²) >= 11 is 0. The van der Waals surface area contributed by atoms with Gasteiger partial charge < -0.3 is 8.83 Å². The first-order chi connectivity index (χ1) is 29.1. The molecule has 0 spiro atoms. The second-order valence-electron chi connectivity index (χ2n) is 16.1. The van der Waals surface area contributed by atoms with Crippen LogP contribution in [0.1, 0.15) is 25.3 Å². The highest BCUT2D eigenvalue weighted by Gasteiger charge is 2.25. The van der Waals surface area contributed by atoms with Crippen LogP contribution in [-0.2, 0) is 0 Å². The number of fused-ring (bicyclic) bond motifs is 8. The first-order valence-corrected chi connectivity index (χ1v) is 20.5. The Hall–Kier alpha value is -7.42. The maximum absolute atomic E-state index is 7.05. The topological polar surface area (TPSA) is 26.3 Å². The zero-order chi connectivity index (χ0) is 39.2. The summed E-state index contributed by atoms with van der Waals surface area (Å²) in [4.78, 5) is 0. The third-order valence-corrected chi connectivity index (χ3v) is 12.4. The molecule has 278 valence electrons. The van der Waals surface area contributed by atoms with Gasteiger partial charge in [0, 0.05) is 38.4 Å². The van der Waals surface area contributed by atoms with Gasteiger partial charge in [-0.25, -0.2) is 0 Å². The van der Waals surface area contributed by atoms with E-state index in [0.717, 1.165) is 60.9 Å². The van der Waals surface area contributed by atoms with Gasteiger partial charge in [0.15, 0.2) is 0 Å². The van der Waals surface area contributed by atoms with Crippen LogP contribution in [-0.4, -0.2) is 0 Å². The summed E-state index contributed by atoms with van der Waals surface area (Å²) < 4.78 is 14.0. The summed E-state index contributed by atoms with van der Waals surface area (Å²) in [6.45, 7) is 4.48. The van der Waals surface area contributed by atoms with E-state index in [4.69, 9.17) is 8.83 Å². The van der Waals surface area contributed by atoms with Crippen molar-refractivity contribution >= 4 is 76.0 Å². The molecule has 59 heavy (non-hydrogen) atoms. The highest BCUT2D eigenvalue weighted by Crippen LogP contribution is 2.51. The van der Waals surface area contributed by atoms with Gasteiger partial charge in [-0.15, -0.1) is 0 Å². The Kier molecular flexibility index (Phi) is 7.46. The van der Waals surface area contributed by atoms with Crippen LogP contribution in [0, 0.1) is 0 Å². The molecular formula is C57H38O2. The van der Waals surface area contributed by atoms with Crippen LogP contribution in [0.4, 0.5) is 0 Å². The van der Waals surface area contributed by atoms with Crippen LogP contribution in [0.2, 0.25) is 0 Å². The third kappa shape index (κ3) is 5.13. The standard InChI is InChI=1S/C57H38O2/c1-34(2)36-18-11-19-38(31-36)51-33-39-32-37-16-4-6-21-41(37)55(56(39)59-51)54-45-24-9-7-22-43(45)52(44-23-8-10-25-46(44)54)48-28-14-30-50-53(48)49-29-13-27-47(57(49)58-50)42-26-12-17-35-15-3-5-20-40(35)42/h3-34H,1-2H3. The van der Waals surface area contributed by atoms with Gasteiger partial charge in [-0.2, -0.15) is 0 Å². The fraction of sp³-hybridized carbons (Fsp3) is 0.0526. The molecule has 0 saturated heterocycles. The predicted molar refractivity (Wildman–Crippen MR) is 249 cm³/mol. The van der Waals surface area contributed by atoms with Gasteiger partial charge in [0.25, 0.3) is 0 Å². The molecule has 12 rings (SSSR count). The van der Waals surface area contributed by atoms with Crippen molar-refractivity contribution in [3.05, 3.63) is 194 Å². The average Bonchev–Trinajstić information content (AvgIpc) is 3.90. The molecule has 0 atom stereocenters. The van der Waals surface area contributed by atoms with Gasteiger partial charge in [-0.1, -0.05) is 178 Å². The van der Waals surface area contributed by atoms with Crippen molar-refractivity contribution < 1.29 is 8.83 Å². The lowest BCUT2D eigenvalue weighted by molar-refractivity contribution is 0.633. The summed E-state index contributed by atoms with van der Waals surface area (Å²) in [5.74, 6) is 1.30. The van der Waals surface area contributed by atoms with Crippen molar-refractivity contribution in [1.29, 1.82) is 0 Å². The van der Waals surface area contributed by atoms with E-state index in [0.29, 0.717) is 5.92 Å². The Morgan fingerprint density at radius 3 is 1.69 bits per heavy atom. The predicted octanol–water partition coefficient (Wildman–Crippen LogP) is 16.7. The summed E-state index contributed by atoms with van der Waals surface area (Å²) in [5, 5.41) is 12.8. The zero-order valence-corrected chi connectivity index (χ0v) is 32.8. The zero-order valence-electron chi connectivity index (χ0n) is 32.8. The summed E-state index contributed by atoms with van der Waals surface area (Å²) in [6, 6.07) is 68.1. The molecule has 10 aromatic carbocycles. The molecule has 0 aliphatic carbocycles. The van der Waals surface area contributed by atoms with Crippen molar-refractivity contribution in [1.82, 2.24) is 0 Å². The molecule has 0 amide bonds. The lowest BCUT2D eigenvalue weighted by Gasteiger charge is -2.19. The number of benzene rings is 10. The molecule has 0 N–H and O–H groups in total. The fourth-order valence-corrected chi connectivity index (χ4v) is 9.71. The second-order valence-corrected chi connectivity index (χ2v) is 16.1. The van der Waals surface area contributed by atoms with E-state index < -0.39 is 0 Å². The van der Waals surface area contributed by atoms with E-state index in [1.54, 1.807) is 0 Å². The number of hydrogen-bond acceptors (Lipinski definition) is 2. The van der Waals surface area contributed by atoms with Crippen LogP contribution in [0.3, 0.4) is 0 Å². The normalized spacial score (nSPS) is 12.1. The van der Waals surface area contributed by atoms with E-state index in [9.17, 15) is 0 Å². The van der Waals surface area contributed by atoms with Crippen LogP contribution in [0.5, 0.6) is 0 Å². The minimum absolute atomic E-state index is 0.422. The molecule has 0 unspecified atom stereocenters. The molecule has 2 heteroatoms. The lowest BCUT2D eigenvalue weighted by atomic mass is 9.83. The van der Waals surface area contributed by atoms with Gasteiger partial charge in [0.1, 0.15) is 22.5 Å². The molecule has 0 aliphatic rings. The van der Waals surface area contributed by atoms with Crippen molar-refractivity contribution in [2.45, 2.75) is 19.8 Å². The highest BCUT2D eigenvalue weighted by molar-refractivity contribution is 6.29. The van der Waals surface area contributed by atoms with Crippen LogP contribution in [0.15, 0.2) is 197 Å². The molecule has 0 saturated carbocycles. The van der Waals surface area contributed by atoms with Gasteiger partial charge in [-0.05, 0) is 95.5 Å². The van der Waals surface area contributed by atoms with Crippen molar-refractivity contribution in [3.63, 3.8) is 0 Å². The average molecular weight is 755 g/mol. The monoisotopic (exact) mass is 754 g/mol. The molecule has 0 fully saturated rings. The minimum atomic E-state index is 0.422. The smallest absolute Gasteiger partial charge is 0.143 e. The SMILES string of the molecule is CC(C)c1cccc(-c2cc3cc4ccccc4c(-c4c5ccccc5c(-c5cccc6oc7c(-c8cccc9ccccc89)cccc7c56)c5ccccc45)c3o2)c1. The van der Waals surface area contributed by atoms with E-state index in [-0.39, 0.29) is 0 Å². The Bertz CT molecular complexity index is 3590. The Balaban J connectivity index is 1.16. The number of furan rings is 2. The number of para-hydroxylation sites is 1. The van der Waals surface area contributed by atoms with Gasteiger partial charge in [0.05, 0.1) is 0 Å². The van der Waals surface area contributed by atoms with Gasteiger partial charge in [0.2, 0.25) is 0 Å². The molecule has 0 radical (unpaired) electrons. The van der Waals surface area contributed by atoms with E-state index in [1.807, 2.05) is 0 Å². The van der Waals surface area contributed by atoms with Crippen molar-refractivity contribution in [3.8, 4) is 44.7 Å². The molecule has 2 heterocycles. The third-order valence-electron chi connectivity index (χ3n) is 12.4. The molecular weight excluding hydrogens is 717 g/mol. The Morgan fingerprint density at radius 2 is 0.932 bits per heavy atom. The van der Waals surface area contributed by atoms with E-state index in [1.165, 1.54) is 65.3 Å². The minimum Gasteiger partial charge on any atom is -0.455 e. The summed E-state index contributed by atoms with van der Waals surface area (Å²) in [5.41, 5.74) is 12.0. The maximum atomic E-state index is 7.05. The summed E-state index contributed by atoms with van der Waals surface area (Å²) in [7, 11) is 0. The summed E-state index contributed by atoms with van der Waals surface area (Å²) in [6.07, 6.45) is 0. The molecule has 0 aliphatic heterocycles. The number of rotatable bonds is 5. The van der Waals surface area contributed by atoms with Crippen LogP contribution < -0.4 is 0 Å². The van der Waals surface area contributed by atoms with E-state index in [2.05, 4.69) is 202 Å². The fourth-order valence-electron chi connectivity index (χ4n) is 9.71. The van der Waals surface area contributed by atoms with Crippen LogP contribution in [0.25, 0.3) is 121 Å².